The molecule has 0 saturated heterocycles. The number of hydrogen-bond donors (Lipinski definition) is 1. The normalized spacial score (nSPS) is 16.2. The molecule has 2 aromatic heterocycles. The average Bonchev–Trinajstić information content (AvgIpc) is 3.33. The van der Waals surface area contributed by atoms with Gasteiger partial charge < -0.3 is 20.0 Å². The molecule has 4 rings (SSSR count). The number of aromatic nitrogens is 6. The smallest absolute Gasteiger partial charge is 0.410 e. The van der Waals surface area contributed by atoms with Crippen molar-refractivity contribution in [1.82, 2.24) is 35.5 Å². The van der Waals surface area contributed by atoms with Gasteiger partial charge >= 0.3 is 6.09 Å². The summed E-state index contributed by atoms with van der Waals surface area (Å²) in [5, 5.41) is 19.0. The van der Waals surface area contributed by atoms with E-state index in [4.69, 9.17) is 16.6 Å². The maximum atomic E-state index is 12.7. The van der Waals surface area contributed by atoms with Gasteiger partial charge in [0.1, 0.15) is 6.33 Å². The van der Waals surface area contributed by atoms with Gasteiger partial charge in [-0.15, -0.1) is 18.2 Å². The van der Waals surface area contributed by atoms with Crippen LogP contribution in [0.4, 0.5) is 4.79 Å². The Morgan fingerprint density at radius 3 is 2.98 bits per heavy atom. The number of alkyl carbamates (subject to hydrolysis) is 1. The number of benzene rings is 1. The van der Waals surface area contributed by atoms with Crippen molar-refractivity contribution in [2.75, 3.05) is 13.7 Å². The highest BCUT2D eigenvalue weighted by atomic mass is 35.5. The number of rotatable bonds is 15. The van der Waals surface area contributed by atoms with Gasteiger partial charge in [0.25, 0.3) is 0 Å². The van der Waals surface area contributed by atoms with Crippen LogP contribution in [0.1, 0.15) is 67.9 Å². The number of amides is 1. The quantitative estimate of drug-likeness (QED) is 0.174. The van der Waals surface area contributed by atoms with E-state index in [1.807, 2.05) is 6.08 Å². The van der Waals surface area contributed by atoms with Crippen molar-refractivity contribution in [3.63, 3.8) is 0 Å². The summed E-state index contributed by atoms with van der Waals surface area (Å²) in [7, 11) is 1.31. The molecule has 2 heterocycles. The maximum Gasteiger partial charge on any atom is 0.410 e. The molecule has 0 aliphatic heterocycles. The van der Waals surface area contributed by atoms with Crippen LogP contribution < -0.4 is 10.3 Å². The number of unbranched alkanes of at least 4 members (excludes halogenated alkanes) is 2. The SMILES string of the molecule is C=C([N-]CCCCC)C(C/C=C/NC(=O)OC)c1c[n-]c([C@H]2C/C2=C/C(=O)/C=C/c2cc(Cl)ccc2-n2cnnn2)n1. The molecule has 1 aliphatic rings. The van der Waals surface area contributed by atoms with Gasteiger partial charge in [0.15, 0.2) is 5.78 Å². The maximum absolute atomic E-state index is 12.7. The summed E-state index contributed by atoms with van der Waals surface area (Å²) in [4.78, 5) is 33.4. The van der Waals surface area contributed by atoms with Crippen molar-refractivity contribution in [2.24, 2.45) is 0 Å². The van der Waals surface area contributed by atoms with Crippen LogP contribution in [0.3, 0.4) is 0 Å². The number of carbonyl (C=O) groups excluding carboxylic acids is 2. The van der Waals surface area contributed by atoms with Gasteiger partial charge in [-0.05, 0) is 65.6 Å². The monoisotopic (exact) mass is 588 g/mol. The van der Waals surface area contributed by atoms with Crippen molar-refractivity contribution < 1.29 is 14.3 Å². The largest absolute Gasteiger partial charge is 0.688 e. The zero-order valence-corrected chi connectivity index (χ0v) is 24.4. The summed E-state index contributed by atoms with van der Waals surface area (Å²) in [6, 6.07) is 5.27. The molecule has 1 saturated carbocycles. The van der Waals surface area contributed by atoms with Gasteiger partial charge in [0, 0.05) is 22.7 Å². The standard InChI is InChI=1S/C30H34ClN8O3/c1-4-5-6-13-32-20(2)25(8-7-14-33-30(41)42-3)27-18-34-29(36-27)26-17-22(26)16-24(40)11-9-21-15-23(31)10-12-28(21)39-19-35-37-38-39/h7,9-12,14-16,18-19,25-26H,2,4-6,8,13,17H2,1,3H3,(H2,33,34,36,41)/q-1/p-1/b11-9+,14-7+,22-16-/t25?,26-/m0/s1. The third-order valence-electron chi connectivity index (χ3n) is 6.66. The van der Waals surface area contributed by atoms with Crippen LogP contribution in [0.15, 0.2) is 73.0 Å². The van der Waals surface area contributed by atoms with Gasteiger partial charge in [0.2, 0.25) is 0 Å². The summed E-state index contributed by atoms with van der Waals surface area (Å²) in [6.45, 7) is 7.04. The fourth-order valence-corrected chi connectivity index (χ4v) is 4.49. The van der Waals surface area contributed by atoms with E-state index in [0.717, 1.165) is 30.5 Å². The number of ether oxygens (including phenoxy) is 1. The van der Waals surface area contributed by atoms with E-state index in [0.29, 0.717) is 47.2 Å². The van der Waals surface area contributed by atoms with Crippen LogP contribution in [0.5, 0.6) is 0 Å². The molecule has 1 aliphatic carbocycles. The first-order valence-corrected chi connectivity index (χ1v) is 14.1. The van der Waals surface area contributed by atoms with Crippen molar-refractivity contribution in [1.29, 1.82) is 0 Å². The van der Waals surface area contributed by atoms with Crippen molar-refractivity contribution >= 4 is 29.6 Å². The lowest BCUT2D eigenvalue weighted by Gasteiger charge is -2.32. The van der Waals surface area contributed by atoms with E-state index in [-0.39, 0.29) is 17.6 Å². The topological polar surface area (TPSA) is 140 Å². The lowest BCUT2D eigenvalue weighted by molar-refractivity contribution is -0.110. The number of allylic oxidation sites excluding steroid dienone is 5. The van der Waals surface area contributed by atoms with E-state index in [2.05, 4.69) is 49.4 Å². The summed E-state index contributed by atoms with van der Waals surface area (Å²) >= 11 is 6.17. The van der Waals surface area contributed by atoms with Crippen LogP contribution in [-0.4, -0.2) is 50.7 Å². The highest BCUT2D eigenvalue weighted by Gasteiger charge is 2.30. The fourth-order valence-electron chi connectivity index (χ4n) is 4.31. The first-order chi connectivity index (χ1) is 20.4. The molecule has 0 radical (unpaired) electrons. The zero-order chi connectivity index (χ0) is 29.9. The summed E-state index contributed by atoms with van der Waals surface area (Å²) < 4.78 is 6.10. The third-order valence-corrected chi connectivity index (χ3v) is 6.90. The number of tetrazole rings is 1. The van der Waals surface area contributed by atoms with Crippen molar-refractivity contribution in [3.8, 4) is 5.69 Å². The second kappa shape index (κ2) is 14.9. The summed E-state index contributed by atoms with van der Waals surface area (Å²) in [5.74, 6) is 0.323. The Bertz CT molecular complexity index is 1480. The van der Waals surface area contributed by atoms with Gasteiger partial charge in [-0.2, -0.15) is 10.4 Å². The van der Waals surface area contributed by atoms with Crippen molar-refractivity contribution in [2.45, 2.75) is 50.9 Å². The summed E-state index contributed by atoms with van der Waals surface area (Å²) in [6.07, 6.45) is 15.3. The van der Waals surface area contributed by atoms with Crippen LogP contribution in [0.25, 0.3) is 17.1 Å². The highest BCUT2D eigenvalue weighted by Crippen LogP contribution is 2.46. The van der Waals surface area contributed by atoms with Crippen LogP contribution in [0, 0.1) is 0 Å². The zero-order valence-electron chi connectivity index (χ0n) is 23.6. The third kappa shape index (κ3) is 8.50. The number of methoxy groups -OCH3 is 1. The number of nitrogens with zero attached hydrogens (tertiary/aromatic N) is 7. The van der Waals surface area contributed by atoms with E-state index < -0.39 is 6.09 Å². The second-order valence-electron chi connectivity index (χ2n) is 9.73. The molecule has 220 valence electrons. The number of halogens is 1. The lowest BCUT2D eigenvalue weighted by atomic mass is 9.98. The number of ketones is 1. The number of carbonyl (C=O) groups is 2. The Morgan fingerprint density at radius 2 is 2.21 bits per heavy atom. The minimum atomic E-state index is -0.542. The van der Waals surface area contributed by atoms with E-state index >= 15 is 0 Å². The molecule has 1 N–H and O–H groups in total. The number of imidazole rings is 1. The van der Waals surface area contributed by atoms with Crippen LogP contribution in [-0.2, 0) is 9.53 Å². The van der Waals surface area contributed by atoms with Crippen molar-refractivity contribution in [3.05, 3.63) is 100 Å². The molecular weight excluding hydrogens is 556 g/mol. The molecule has 0 spiro atoms. The number of nitrogens with one attached hydrogen (secondary N) is 1. The first kappa shape index (κ1) is 30.4. The first-order valence-electron chi connectivity index (χ1n) is 13.7. The van der Waals surface area contributed by atoms with Gasteiger partial charge in [-0.25, -0.2) is 4.79 Å². The van der Waals surface area contributed by atoms with Gasteiger partial charge in [0.05, 0.1) is 12.8 Å². The predicted octanol–water partition coefficient (Wildman–Crippen LogP) is 5.79. The van der Waals surface area contributed by atoms with Gasteiger partial charge in [-0.3, -0.25) is 10.1 Å². The predicted molar refractivity (Wildman–Crippen MR) is 160 cm³/mol. The molecule has 2 atom stereocenters. The minimum Gasteiger partial charge on any atom is -0.688 e. The van der Waals surface area contributed by atoms with E-state index in [9.17, 15) is 9.59 Å². The Kier molecular flexibility index (Phi) is 10.8. The Hall–Kier alpha value is -4.51. The molecule has 42 heavy (non-hydrogen) atoms. The second-order valence-corrected chi connectivity index (χ2v) is 10.2. The lowest BCUT2D eigenvalue weighted by Crippen LogP contribution is -2.16. The molecule has 0 bridgehead atoms. The highest BCUT2D eigenvalue weighted by molar-refractivity contribution is 6.30. The Morgan fingerprint density at radius 1 is 1.36 bits per heavy atom. The van der Waals surface area contributed by atoms with E-state index in [1.54, 1.807) is 36.5 Å². The molecule has 1 fully saturated rings. The molecule has 1 amide bonds. The van der Waals surface area contributed by atoms with E-state index in [1.165, 1.54) is 30.4 Å². The fraction of sp³-hybridized carbons (Fsp3) is 0.333. The number of hydrogen-bond acceptors (Lipinski definition) is 7. The molecule has 3 aromatic rings. The Labute approximate surface area is 249 Å². The average molecular weight is 589 g/mol. The summed E-state index contributed by atoms with van der Waals surface area (Å²) in [5.41, 5.74) is 3.85. The molecular formula is C30H33ClN8O3-2. The molecule has 12 heteroatoms. The van der Waals surface area contributed by atoms with Gasteiger partial charge in [-0.1, -0.05) is 67.2 Å². The molecule has 1 unspecified atom stereocenters. The molecule has 11 nitrogen and oxygen atoms in total. The van der Waals surface area contributed by atoms with Crippen LogP contribution >= 0.6 is 11.6 Å². The minimum absolute atomic E-state index is 0.00834. The molecule has 1 aromatic carbocycles. The van der Waals surface area contributed by atoms with Crippen LogP contribution in [0.2, 0.25) is 5.02 Å². The Balaban J connectivity index is 1.41.